The van der Waals surface area contributed by atoms with Gasteiger partial charge in [-0.3, -0.25) is 4.79 Å². The summed E-state index contributed by atoms with van der Waals surface area (Å²) in [7, 11) is 1.82. The molecule has 0 fully saturated rings. The van der Waals surface area contributed by atoms with Crippen molar-refractivity contribution in [3.05, 3.63) is 29.8 Å². The molecule has 0 aromatic heterocycles. The van der Waals surface area contributed by atoms with Gasteiger partial charge in [-0.05, 0) is 58.5 Å². The number of hydrogen-bond acceptors (Lipinski definition) is 4. The van der Waals surface area contributed by atoms with Gasteiger partial charge in [-0.15, -0.1) is 11.8 Å². The van der Waals surface area contributed by atoms with Crippen LogP contribution < -0.4 is 5.32 Å². The smallest absolute Gasteiger partial charge is 0.326 e. The van der Waals surface area contributed by atoms with E-state index in [1.54, 1.807) is 0 Å². The minimum absolute atomic E-state index is 0.154. The predicted octanol–water partition coefficient (Wildman–Crippen LogP) is 3.80. The third-order valence-corrected chi connectivity index (χ3v) is 4.74. The van der Waals surface area contributed by atoms with Crippen molar-refractivity contribution in [1.82, 2.24) is 5.32 Å². The van der Waals surface area contributed by atoms with Crippen molar-refractivity contribution in [3.8, 4) is 0 Å². The lowest BCUT2D eigenvalue weighted by Crippen LogP contribution is -2.48. The van der Waals surface area contributed by atoms with Crippen LogP contribution in [0.1, 0.15) is 38.7 Å². The second-order valence-electron chi connectivity index (χ2n) is 5.42. The zero-order chi connectivity index (χ0) is 15.7. The molecule has 1 unspecified atom stereocenters. The Bertz CT molecular complexity index is 433. The molecular formula is C17H27NO2S. The third-order valence-electron chi connectivity index (χ3n) is 3.64. The summed E-state index contributed by atoms with van der Waals surface area (Å²) in [6, 6.07) is 8.61. The molecular weight excluding hydrogens is 282 g/mol. The Balaban J connectivity index is 2.28. The molecule has 0 aliphatic carbocycles. The third kappa shape index (κ3) is 6.10. The highest BCUT2D eigenvalue weighted by Gasteiger charge is 2.32. The van der Waals surface area contributed by atoms with Gasteiger partial charge in [-0.2, -0.15) is 0 Å². The van der Waals surface area contributed by atoms with Crippen molar-refractivity contribution in [2.75, 3.05) is 19.4 Å². The molecule has 1 N–H and O–H groups in total. The van der Waals surface area contributed by atoms with Crippen LogP contribution >= 0.6 is 11.8 Å². The first-order valence-electron chi connectivity index (χ1n) is 7.57. The number of ether oxygens (including phenoxy) is 1. The van der Waals surface area contributed by atoms with Crippen LogP contribution in [-0.4, -0.2) is 30.9 Å². The van der Waals surface area contributed by atoms with Gasteiger partial charge in [0.1, 0.15) is 5.54 Å². The average molecular weight is 309 g/mol. The maximum absolute atomic E-state index is 11.9. The first kappa shape index (κ1) is 18.1. The maximum atomic E-state index is 11.9. The Morgan fingerprint density at radius 3 is 2.52 bits per heavy atom. The van der Waals surface area contributed by atoms with E-state index >= 15 is 0 Å². The second-order valence-corrected chi connectivity index (χ2v) is 6.59. The molecule has 1 aromatic carbocycles. The molecule has 3 nitrogen and oxygen atoms in total. The Labute approximate surface area is 132 Å². The lowest BCUT2D eigenvalue weighted by molar-refractivity contribution is -0.150. The molecule has 21 heavy (non-hydrogen) atoms. The summed E-state index contributed by atoms with van der Waals surface area (Å²) in [6.07, 6.45) is 2.90. The van der Waals surface area contributed by atoms with Gasteiger partial charge in [0.05, 0.1) is 6.61 Å². The number of carbonyl (C=O) groups excluding carboxylic acids is 1. The molecule has 4 heteroatoms. The van der Waals surface area contributed by atoms with Crippen molar-refractivity contribution in [1.29, 1.82) is 0 Å². The van der Waals surface area contributed by atoms with E-state index in [4.69, 9.17) is 4.74 Å². The van der Waals surface area contributed by atoms with Gasteiger partial charge in [-0.1, -0.05) is 24.1 Å². The van der Waals surface area contributed by atoms with E-state index in [1.165, 1.54) is 10.5 Å². The van der Waals surface area contributed by atoms with E-state index in [9.17, 15) is 4.79 Å². The van der Waals surface area contributed by atoms with E-state index in [0.717, 1.165) is 25.0 Å². The lowest BCUT2D eigenvalue weighted by Gasteiger charge is -2.26. The summed E-state index contributed by atoms with van der Waals surface area (Å²) in [5.41, 5.74) is 0.725. The fraction of sp³-hybridized carbons (Fsp3) is 0.588. The van der Waals surface area contributed by atoms with Gasteiger partial charge in [0.25, 0.3) is 0 Å². The molecule has 0 bridgehead atoms. The highest BCUT2D eigenvalue weighted by Crippen LogP contribution is 2.22. The molecule has 0 heterocycles. The first-order chi connectivity index (χ1) is 10.0. The number of likely N-dealkylation sites (N-methyl/N-ethyl adjacent to an activating group) is 1. The van der Waals surface area contributed by atoms with Crippen LogP contribution in [0.4, 0.5) is 0 Å². The summed E-state index contributed by atoms with van der Waals surface area (Å²) in [4.78, 5) is 13.2. The molecule has 0 amide bonds. The summed E-state index contributed by atoms with van der Waals surface area (Å²) in [5.74, 6) is 0.921. The molecule has 0 aliphatic rings. The molecule has 0 saturated carbocycles. The van der Waals surface area contributed by atoms with Gasteiger partial charge < -0.3 is 10.1 Å². The molecule has 1 aromatic rings. The van der Waals surface area contributed by atoms with Crippen molar-refractivity contribution in [3.63, 3.8) is 0 Å². The zero-order valence-electron chi connectivity index (χ0n) is 13.6. The van der Waals surface area contributed by atoms with Gasteiger partial charge in [-0.25, -0.2) is 0 Å². The summed E-state index contributed by atoms with van der Waals surface area (Å²) >= 11 is 1.87. The Kier molecular flexibility index (Phi) is 7.83. The normalized spacial score (nSPS) is 13.7. The predicted molar refractivity (Wildman–Crippen MR) is 89.9 cm³/mol. The standard InChI is InChI=1S/C17H27NO2S/c1-5-20-16(19)17(3,18-4)12-6-7-13-21-15-10-8-14(2)9-11-15/h8-11,18H,5-7,12-13H2,1-4H3. The van der Waals surface area contributed by atoms with E-state index in [1.807, 2.05) is 32.7 Å². The first-order valence-corrected chi connectivity index (χ1v) is 8.56. The fourth-order valence-electron chi connectivity index (χ4n) is 2.02. The topological polar surface area (TPSA) is 38.3 Å². The fourth-order valence-corrected chi connectivity index (χ4v) is 2.94. The Hall–Kier alpha value is -1.00. The van der Waals surface area contributed by atoms with Crippen molar-refractivity contribution < 1.29 is 9.53 Å². The number of aryl methyl sites for hydroxylation is 1. The SMILES string of the molecule is CCOC(=O)C(C)(CCCCSc1ccc(C)cc1)NC. The number of benzene rings is 1. The molecule has 1 atom stereocenters. The van der Waals surface area contributed by atoms with Gasteiger partial charge >= 0.3 is 5.97 Å². The van der Waals surface area contributed by atoms with Crippen LogP contribution in [0.25, 0.3) is 0 Å². The number of esters is 1. The van der Waals surface area contributed by atoms with Crippen LogP contribution in [0.3, 0.4) is 0 Å². The molecule has 0 aliphatic heterocycles. The number of nitrogens with one attached hydrogen (secondary N) is 1. The molecule has 0 radical (unpaired) electrons. The number of thioether (sulfide) groups is 1. The van der Waals surface area contributed by atoms with E-state index < -0.39 is 5.54 Å². The van der Waals surface area contributed by atoms with Crippen LogP contribution in [0.5, 0.6) is 0 Å². The zero-order valence-corrected chi connectivity index (χ0v) is 14.4. The van der Waals surface area contributed by atoms with Crippen LogP contribution in [-0.2, 0) is 9.53 Å². The van der Waals surface area contributed by atoms with E-state index in [2.05, 4.69) is 36.5 Å². The molecule has 118 valence electrons. The number of unbranched alkanes of at least 4 members (excludes halogenated alkanes) is 1. The monoisotopic (exact) mass is 309 g/mol. The van der Waals surface area contributed by atoms with Crippen molar-refractivity contribution >= 4 is 17.7 Å². The van der Waals surface area contributed by atoms with Crippen LogP contribution in [0.2, 0.25) is 0 Å². The van der Waals surface area contributed by atoms with Crippen molar-refractivity contribution in [2.24, 2.45) is 0 Å². The summed E-state index contributed by atoms with van der Waals surface area (Å²) in [5, 5.41) is 3.10. The number of carbonyl (C=O) groups is 1. The highest BCUT2D eigenvalue weighted by molar-refractivity contribution is 7.99. The van der Waals surface area contributed by atoms with Gasteiger partial charge in [0.2, 0.25) is 0 Å². The average Bonchev–Trinajstić information content (AvgIpc) is 2.48. The number of hydrogen-bond donors (Lipinski definition) is 1. The highest BCUT2D eigenvalue weighted by atomic mass is 32.2. The van der Waals surface area contributed by atoms with E-state index in [-0.39, 0.29) is 5.97 Å². The summed E-state index contributed by atoms with van der Waals surface area (Å²) in [6.45, 7) is 6.28. The molecule has 0 saturated heterocycles. The Morgan fingerprint density at radius 1 is 1.29 bits per heavy atom. The van der Waals surface area contributed by atoms with E-state index in [0.29, 0.717) is 6.61 Å². The minimum atomic E-state index is -0.565. The largest absolute Gasteiger partial charge is 0.465 e. The van der Waals surface area contributed by atoms with Crippen LogP contribution in [0, 0.1) is 6.92 Å². The lowest BCUT2D eigenvalue weighted by atomic mass is 9.95. The maximum Gasteiger partial charge on any atom is 0.326 e. The second kappa shape index (κ2) is 9.11. The molecule has 0 spiro atoms. The van der Waals surface area contributed by atoms with Gasteiger partial charge in [0.15, 0.2) is 0 Å². The van der Waals surface area contributed by atoms with Crippen molar-refractivity contribution in [2.45, 2.75) is 50.5 Å². The molecule has 1 rings (SSSR count). The Morgan fingerprint density at radius 2 is 1.95 bits per heavy atom. The summed E-state index contributed by atoms with van der Waals surface area (Å²) < 4.78 is 5.13. The van der Waals surface area contributed by atoms with Gasteiger partial charge in [0, 0.05) is 4.90 Å². The minimum Gasteiger partial charge on any atom is -0.465 e. The number of rotatable bonds is 9. The quantitative estimate of drug-likeness (QED) is 0.428. The van der Waals surface area contributed by atoms with Crippen LogP contribution in [0.15, 0.2) is 29.2 Å².